The van der Waals surface area contributed by atoms with Crippen molar-refractivity contribution in [3.05, 3.63) is 48.0 Å². The van der Waals surface area contributed by atoms with Gasteiger partial charge in [0.2, 0.25) is 0 Å². The van der Waals surface area contributed by atoms with Crippen molar-refractivity contribution < 1.29 is 52.4 Å². The summed E-state index contributed by atoms with van der Waals surface area (Å²) in [6.45, 7) is 2.22. The van der Waals surface area contributed by atoms with Crippen molar-refractivity contribution >= 4 is 10.1 Å². The number of hydrogen-bond donors (Lipinski definition) is 1. The molecule has 0 saturated heterocycles. The second-order valence-electron chi connectivity index (χ2n) is 6.70. The molecule has 0 bridgehead atoms. The monoisotopic (exact) mass is 414 g/mol. The average molecular weight is 414 g/mol. The van der Waals surface area contributed by atoms with E-state index in [2.05, 4.69) is 6.92 Å². The van der Waals surface area contributed by atoms with Gasteiger partial charge in [0, 0.05) is 6.07 Å². The molecule has 0 radical (unpaired) electrons. The Morgan fingerprint density at radius 3 is 2.25 bits per heavy atom. The molecule has 0 fully saturated rings. The molecule has 0 aromatic heterocycles. The maximum atomic E-state index is 11.6. The molecular weight excluding hydrogens is 387 g/mol. The Hall–Kier alpha value is -1.05. The zero-order valence-electron chi connectivity index (χ0n) is 16.7. The van der Waals surface area contributed by atoms with E-state index in [1.807, 2.05) is 18.2 Å². The van der Waals surface area contributed by atoms with Crippen molar-refractivity contribution in [2.45, 2.75) is 63.2 Å². The third kappa shape index (κ3) is 8.53. The zero-order chi connectivity index (χ0) is 19.7. The Morgan fingerprint density at radius 1 is 0.929 bits per heavy atom. The molecule has 0 aliphatic heterocycles. The van der Waals surface area contributed by atoms with Crippen LogP contribution in [0.5, 0.6) is 17.2 Å². The summed E-state index contributed by atoms with van der Waals surface area (Å²) in [5.41, 5.74) is 1.15. The van der Waals surface area contributed by atoms with Crippen LogP contribution in [0.25, 0.3) is 0 Å². The molecule has 0 aliphatic rings. The smallest absolute Gasteiger partial charge is 0.872 e. The van der Waals surface area contributed by atoms with Crippen molar-refractivity contribution in [2.75, 3.05) is 0 Å². The second-order valence-corrected chi connectivity index (χ2v) is 8.09. The van der Waals surface area contributed by atoms with Crippen LogP contribution in [0.2, 0.25) is 0 Å². The summed E-state index contributed by atoms with van der Waals surface area (Å²) in [4.78, 5) is -0.681. The van der Waals surface area contributed by atoms with Gasteiger partial charge in [0.1, 0.15) is 11.5 Å². The van der Waals surface area contributed by atoms with Crippen molar-refractivity contribution in [1.82, 2.24) is 0 Å². The Bertz CT molecular complexity index is 836. The van der Waals surface area contributed by atoms with Crippen LogP contribution in [0, 0.1) is 0 Å². The first kappa shape index (κ1) is 25.0. The summed E-state index contributed by atoms with van der Waals surface area (Å²) in [6, 6.07) is 11.1. The molecule has 28 heavy (non-hydrogen) atoms. The van der Waals surface area contributed by atoms with E-state index in [4.69, 9.17) is 9.29 Å². The van der Waals surface area contributed by atoms with Gasteiger partial charge in [0.05, 0.1) is 4.90 Å². The fourth-order valence-electron chi connectivity index (χ4n) is 2.94. The fourth-order valence-corrected chi connectivity index (χ4v) is 3.53. The largest absolute Gasteiger partial charge is 1.00 e. The number of rotatable bonds is 11. The summed E-state index contributed by atoms with van der Waals surface area (Å²) in [5.74, 6) is -0.0109. The average Bonchev–Trinajstić information content (AvgIpc) is 2.62. The first-order valence-corrected chi connectivity index (χ1v) is 10.9. The van der Waals surface area contributed by atoms with Gasteiger partial charge in [0.15, 0.2) is 0 Å². The van der Waals surface area contributed by atoms with Crippen LogP contribution in [-0.4, -0.2) is 13.0 Å². The summed E-state index contributed by atoms with van der Waals surface area (Å²) in [7, 11) is -4.57. The van der Waals surface area contributed by atoms with Gasteiger partial charge >= 0.3 is 29.6 Å². The predicted octanol–water partition coefficient (Wildman–Crippen LogP) is 2.10. The molecule has 0 atom stereocenters. The van der Waals surface area contributed by atoms with E-state index < -0.39 is 20.8 Å². The van der Waals surface area contributed by atoms with Gasteiger partial charge in [-0.25, -0.2) is 0 Å². The quantitative estimate of drug-likeness (QED) is 0.346. The molecule has 0 heterocycles. The number of aryl methyl sites for hydroxylation is 1. The molecule has 7 heteroatoms. The Labute approximate surface area is 190 Å². The Morgan fingerprint density at radius 2 is 1.57 bits per heavy atom. The van der Waals surface area contributed by atoms with Crippen molar-refractivity contribution in [1.29, 1.82) is 0 Å². The first-order chi connectivity index (χ1) is 12.9. The molecule has 2 aromatic rings. The molecule has 0 amide bonds. The van der Waals surface area contributed by atoms with Crippen molar-refractivity contribution in [3.8, 4) is 17.2 Å². The molecule has 5 nitrogen and oxygen atoms in total. The van der Waals surface area contributed by atoms with E-state index in [9.17, 15) is 13.5 Å². The van der Waals surface area contributed by atoms with Gasteiger partial charge in [-0.05, 0) is 36.6 Å². The van der Waals surface area contributed by atoms with Gasteiger partial charge in [0.25, 0.3) is 10.1 Å². The fraction of sp³-hybridized carbons (Fsp3) is 0.429. The normalized spacial score (nSPS) is 11.1. The van der Waals surface area contributed by atoms with Crippen LogP contribution in [0.15, 0.2) is 47.4 Å². The summed E-state index contributed by atoms with van der Waals surface area (Å²) in [6.07, 6.45) is 9.72. The molecule has 2 rings (SSSR count). The van der Waals surface area contributed by atoms with Crippen LogP contribution < -0.4 is 39.4 Å². The second kappa shape index (κ2) is 12.5. The third-order valence-electron chi connectivity index (χ3n) is 4.40. The van der Waals surface area contributed by atoms with E-state index in [1.54, 1.807) is 6.07 Å². The van der Waals surface area contributed by atoms with E-state index in [0.717, 1.165) is 30.5 Å². The topological polar surface area (TPSA) is 86.7 Å². The molecule has 0 saturated carbocycles. The first-order valence-electron chi connectivity index (χ1n) is 9.45. The van der Waals surface area contributed by atoms with Crippen molar-refractivity contribution in [3.63, 3.8) is 0 Å². The van der Waals surface area contributed by atoms with E-state index in [-0.39, 0.29) is 35.3 Å². The molecule has 1 N–H and O–H groups in total. The van der Waals surface area contributed by atoms with Gasteiger partial charge < -0.3 is 9.84 Å². The van der Waals surface area contributed by atoms with Crippen LogP contribution in [0.3, 0.4) is 0 Å². The minimum Gasteiger partial charge on any atom is -0.872 e. The van der Waals surface area contributed by atoms with E-state index in [0.29, 0.717) is 5.75 Å². The number of unbranched alkanes of at least 4 members (excludes halogenated alkanes) is 6. The van der Waals surface area contributed by atoms with Gasteiger partial charge in [-0.15, -0.1) is 0 Å². The van der Waals surface area contributed by atoms with Gasteiger partial charge in [-0.2, -0.15) is 8.42 Å². The summed E-state index contributed by atoms with van der Waals surface area (Å²) < 4.78 is 37.3. The van der Waals surface area contributed by atoms with Gasteiger partial charge in [-0.1, -0.05) is 69.4 Å². The van der Waals surface area contributed by atoms with Gasteiger partial charge in [-0.3, -0.25) is 4.55 Å². The molecule has 0 aliphatic carbocycles. The SMILES string of the molecule is CCCCCCCCCc1cccc(Oc2ccc([O-])c(S(=O)(=O)O)c2)c1.[Na+]. The summed E-state index contributed by atoms with van der Waals surface area (Å²) in [5, 5.41) is 11.6. The third-order valence-corrected chi connectivity index (χ3v) is 5.27. The minimum atomic E-state index is -4.57. The maximum Gasteiger partial charge on any atom is 1.00 e. The van der Waals surface area contributed by atoms with E-state index in [1.165, 1.54) is 44.6 Å². The Balaban J connectivity index is 0.00000392. The van der Waals surface area contributed by atoms with Crippen LogP contribution >= 0.6 is 0 Å². The molecule has 0 spiro atoms. The Kier molecular flexibility index (Phi) is 11.2. The molecule has 148 valence electrons. The van der Waals surface area contributed by atoms with Crippen LogP contribution in [0.4, 0.5) is 0 Å². The van der Waals surface area contributed by atoms with Crippen LogP contribution in [-0.2, 0) is 16.5 Å². The molecule has 2 aromatic carbocycles. The number of ether oxygens (including phenoxy) is 1. The van der Waals surface area contributed by atoms with E-state index >= 15 is 0 Å². The minimum absolute atomic E-state index is 0. The maximum absolute atomic E-state index is 11.6. The standard InChI is InChI=1S/C21H28O5S.Na/c1-2-3-4-5-6-7-8-10-17-11-9-12-18(15-17)26-19-13-14-20(22)21(16-19)27(23,24)25;/h9,11-16,22H,2-8,10H2,1H3,(H,23,24,25);/q;+1/p-1. The predicted molar refractivity (Wildman–Crippen MR) is 104 cm³/mol. The van der Waals surface area contributed by atoms with Crippen LogP contribution in [0.1, 0.15) is 57.4 Å². The van der Waals surface area contributed by atoms with Crippen molar-refractivity contribution in [2.24, 2.45) is 0 Å². The summed E-state index contributed by atoms with van der Waals surface area (Å²) >= 11 is 0. The number of benzene rings is 2. The molecular formula is C21H27NaO5S. The number of hydrogen-bond acceptors (Lipinski definition) is 4. The zero-order valence-corrected chi connectivity index (χ0v) is 19.5. The molecule has 0 unspecified atom stereocenters.